The lowest BCUT2D eigenvalue weighted by Crippen LogP contribution is -2.30. The molecule has 3 amide bonds. The number of benzene rings is 5. The molecule has 3 N–H and O–H groups in total. The van der Waals surface area contributed by atoms with Crippen LogP contribution in [0.2, 0.25) is 0 Å². The Morgan fingerprint density at radius 1 is 0.689 bits per heavy atom. The number of hydrogen-bond acceptors (Lipinski definition) is 5. The number of amides is 3. The Labute approximate surface area is 266 Å². The van der Waals surface area contributed by atoms with Crippen LogP contribution >= 0.6 is 11.8 Å². The highest BCUT2D eigenvalue weighted by atomic mass is 32.2. The largest absolute Gasteiger partial charge is 0.497 e. The lowest BCUT2D eigenvalue weighted by atomic mass is 10.1. The number of thioether (sulfide) groups is 1. The van der Waals surface area contributed by atoms with Crippen molar-refractivity contribution < 1.29 is 19.1 Å². The average Bonchev–Trinajstić information content (AvgIpc) is 3.08. The van der Waals surface area contributed by atoms with Crippen LogP contribution in [0.5, 0.6) is 5.75 Å². The number of para-hydroxylation sites is 1. The molecule has 0 fully saturated rings. The maximum absolute atomic E-state index is 13.5. The number of rotatable bonds is 11. The van der Waals surface area contributed by atoms with E-state index in [4.69, 9.17) is 4.74 Å². The molecule has 8 heteroatoms. The van der Waals surface area contributed by atoms with Crippen LogP contribution in [-0.4, -0.2) is 24.8 Å². The van der Waals surface area contributed by atoms with Gasteiger partial charge in [-0.1, -0.05) is 78.9 Å². The maximum atomic E-state index is 13.5. The molecule has 0 aliphatic heterocycles. The van der Waals surface area contributed by atoms with E-state index in [1.165, 1.54) is 11.8 Å². The first-order chi connectivity index (χ1) is 22.0. The van der Waals surface area contributed by atoms with E-state index in [0.717, 1.165) is 16.1 Å². The lowest BCUT2D eigenvalue weighted by molar-refractivity contribution is -0.116. The minimum atomic E-state index is -0.502. The number of carbonyl (C=O) groups excluding carboxylic acids is 3. The predicted molar refractivity (Wildman–Crippen MR) is 180 cm³/mol. The van der Waals surface area contributed by atoms with Gasteiger partial charge in [0.2, 0.25) is 5.91 Å². The second-order valence-electron chi connectivity index (χ2n) is 9.90. The number of methoxy groups -OCH3 is 1. The molecule has 7 nitrogen and oxygen atoms in total. The van der Waals surface area contributed by atoms with E-state index in [-0.39, 0.29) is 11.6 Å². The van der Waals surface area contributed by atoms with Crippen molar-refractivity contribution in [3.8, 4) is 5.75 Å². The topological polar surface area (TPSA) is 96.5 Å². The van der Waals surface area contributed by atoms with Gasteiger partial charge in [-0.2, -0.15) is 0 Å². The molecule has 0 radical (unpaired) electrons. The van der Waals surface area contributed by atoms with Crippen molar-refractivity contribution in [2.45, 2.75) is 10.1 Å². The number of hydrogen-bond donors (Lipinski definition) is 3. The summed E-state index contributed by atoms with van der Waals surface area (Å²) in [5, 5.41) is 8.12. The molecule has 45 heavy (non-hydrogen) atoms. The normalized spacial score (nSPS) is 11.6. The summed E-state index contributed by atoms with van der Waals surface area (Å²) in [4.78, 5) is 40.6. The summed E-state index contributed by atoms with van der Waals surface area (Å²) >= 11 is 1.41. The van der Waals surface area contributed by atoms with E-state index in [1.54, 1.807) is 67.8 Å². The summed E-state index contributed by atoms with van der Waals surface area (Å²) in [5.74, 6) is -0.423. The lowest BCUT2D eigenvalue weighted by Gasteiger charge is -2.17. The first kappa shape index (κ1) is 30.8. The first-order valence-corrected chi connectivity index (χ1v) is 15.1. The highest BCUT2D eigenvalue weighted by molar-refractivity contribution is 8.00. The van der Waals surface area contributed by atoms with Gasteiger partial charge in [-0.3, -0.25) is 14.4 Å². The fraction of sp³-hybridized carbons (Fsp3) is 0.0541. The fourth-order valence-corrected chi connectivity index (χ4v) is 5.45. The van der Waals surface area contributed by atoms with Crippen molar-refractivity contribution in [3.05, 3.63) is 162 Å². The Kier molecular flexibility index (Phi) is 10.4. The van der Waals surface area contributed by atoms with Gasteiger partial charge in [-0.15, -0.1) is 11.8 Å². The summed E-state index contributed by atoms with van der Waals surface area (Å²) in [6.45, 7) is 0. The van der Waals surface area contributed by atoms with Crippen LogP contribution in [-0.2, 0) is 9.59 Å². The zero-order valence-corrected chi connectivity index (χ0v) is 25.3. The molecule has 5 rings (SSSR count). The van der Waals surface area contributed by atoms with Crippen LogP contribution in [0.3, 0.4) is 0 Å². The summed E-state index contributed by atoms with van der Waals surface area (Å²) < 4.78 is 5.31. The summed E-state index contributed by atoms with van der Waals surface area (Å²) in [5.41, 5.74) is 3.29. The van der Waals surface area contributed by atoms with Gasteiger partial charge >= 0.3 is 0 Å². The molecular weight excluding hydrogens is 582 g/mol. The third-order valence-corrected chi connectivity index (χ3v) is 7.95. The number of ether oxygens (including phenoxy) is 1. The summed E-state index contributed by atoms with van der Waals surface area (Å²) in [6.07, 6.45) is 1.60. The summed E-state index contributed by atoms with van der Waals surface area (Å²) in [7, 11) is 1.56. The minimum absolute atomic E-state index is 0.0669. The van der Waals surface area contributed by atoms with E-state index in [9.17, 15) is 14.4 Å². The van der Waals surface area contributed by atoms with Crippen molar-refractivity contribution in [2.75, 3.05) is 17.7 Å². The van der Waals surface area contributed by atoms with E-state index in [2.05, 4.69) is 16.0 Å². The molecule has 5 aromatic carbocycles. The Morgan fingerprint density at radius 2 is 1.31 bits per heavy atom. The predicted octanol–water partition coefficient (Wildman–Crippen LogP) is 7.58. The van der Waals surface area contributed by atoms with Gasteiger partial charge in [0, 0.05) is 21.8 Å². The molecule has 0 saturated carbocycles. The highest BCUT2D eigenvalue weighted by Gasteiger charge is 2.22. The maximum Gasteiger partial charge on any atom is 0.272 e. The monoisotopic (exact) mass is 613 g/mol. The molecule has 0 aromatic heterocycles. The van der Waals surface area contributed by atoms with Gasteiger partial charge in [0.15, 0.2) is 0 Å². The molecule has 0 bridgehead atoms. The molecule has 1 unspecified atom stereocenters. The van der Waals surface area contributed by atoms with Crippen molar-refractivity contribution in [1.82, 2.24) is 5.32 Å². The van der Waals surface area contributed by atoms with Gasteiger partial charge in [-0.25, -0.2) is 0 Å². The molecule has 0 saturated heterocycles. The Morgan fingerprint density at radius 3 is 1.98 bits per heavy atom. The van der Waals surface area contributed by atoms with Gasteiger partial charge in [0.1, 0.15) is 16.7 Å². The second kappa shape index (κ2) is 15.2. The first-order valence-electron chi connectivity index (χ1n) is 14.2. The van der Waals surface area contributed by atoms with Crippen molar-refractivity contribution in [1.29, 1.82) is 0 Å². The average molecular weight is 614 g/mol. The smallest absolute Gasteiger partial charge is 0.272 e. The Balaban J connectivity index is 1.33. The Bertz CT molecular complexity index is 1780. The van der Waals surface area contributed by atoms with Gasteiger partial charge in [-0.05, 0) is 77.9 Å². The molecule has 1 atom stereocenters. The van der Waals surface area contributed by atoms with Crippen LogP contribution in [0.15, 0.2) is 150 Å². The van der Waals surface area contributed by atoms with Gasteiger partial charge < -0.3 is 20.7 Å². The number of anilines is 2. The molecular formula is C37H31N3O4S. The van der Waals surface area contributed by atoms with Crippen LogP contribution in [0.1, 0.15) is 26.7 Å². The van der Waals surface area contributed by atoms with Crippen LogP contribution in [0, 0.1) is 0 Å². The number of nitrogens with one attached hydrogen (secondary N) is 3. The third-order valence-electron chi connectivity index (χ3n) is 6.68. The third kappa shape index (κ3) is 8.72. The molecule has 0 heterocycles. The van der Waals surface area contributed by atoms with E-state index < -0.39 is 17.1 Å². The molecule has 0 aliphatic carbocycles. The highest BCUT2D eigenvalue weighted by Crippen LogP contribution is 2.36. The zero-order valence-electron chi connectivity index (χ0n) is 24.5. The fourth-order valence-electron chi connectivity index (χ4n) is 4.42. The van der Waals surface area contributed by atoms with E-state index >= 15 is 0 Å². The summed E-state index contributed by atoms with van der Waals surface area (Å²) in [6, 6.07) is 42.0. The Hall–Kier alpha value is -5.60. The van der Waals surface area contributed by atoms with E-state index in [1.807, 2.05) is 84.9 Å². The molecule has 0 aliphatic rings. The van der Waals surface area contributed by atoms with Crippen LogP contribution < -0.4 is 20.7 Å². The molecule has 5 aromatic rings. The van der Waals surface area contributed by atoms with E-state index in [0.29, 0.717) is 22.6 Å². The minimum Gasteiger partial charge on any atom is -0.497 e. The van der Waals surface area contributed by atoms with Crippen molar-refractivity contribution in [3.63, 3.8) is 0 Å². The molecule has 224 valence electrons. The van der Waals surface area contributed by atoms with Crippen LogP contribution in [0.25, 0.3) is 6.08 Å². The standard InChI is InChI=1S/C37H31N3O4S/c1-44-31-19-11-12-26(24-31)25-33(40-35(41)28-15-7-3-8-16-28)36(42)38-30-20-22-32(23-21-30)45-34(27-13-5-2-6-14-27)37(43)39-29-17-9-4-10-18-29/h2-25,34H,1H3,(H,38,42)(H,39,43)(H,40,41)/b33-25-. The van der Waals surface area contributed by atoms with Crippen LogP contribution in [0.4, 0.5) is 11.4 Å². The van der Waals surface area contributed by atoms with Gasteiger partial charge in [0.05, 0.1) is 7.11 Å². The van der Waals surface area contributed by atoms with Crippen molar-refractivity contribution >= 4 is 46.9 Å². The second-order valence-corrected chi connectivity index (χ2v) is 11.1. The quantitative estimate of drug-likeness (QED) is 0.105. The SMILES string of the molecule is COc1cccc(/C=C(\NC(=O)c2ccccc2)C(=O)Nc2ccc(SC(C(=O)Nc3ccccc3)c3ccccc3)cc2)c1. The molecule has 0 spiro atoms. The zero-order chi connectivity index (χ0) is 31.4. The van der Waals surface area contributed by atoms with Crippen molar-refractivity contribution in [2.24, 2.45) is 0 Å². The number of carbonyl (C=O) groups is 3. The van der Waals surface area contributed by atoms with Gasteiger partial charge in [0.25, 0.3) is 11.8 Å².